The molecule has 100 valence electrons. The number of amides is 1. The Balaban J connectivity index is 2.12. The van der Waals surface area contributed by atoms with Crippen molar-refractivity contribution in [3.63, 3.8) is 0 Å². The molecule has 0 unspecified atom stereocenters. The van der Waals surface area contributed by atoms with Gasteiger partial charge in [-0.1, -0.05) is 25.0 Å². The van der Waals surface area contributed by atoms with Gasteiger partial charge >= 0.3 is 0 Å². The normalized spacial score (nSPS) is 10.3. The molecular weight excluding hydrogens is 230 g/mol. The van der Waals surface area contributed by atoms with Crippen LogP contribution in [0.3, 0.4) is 0 Å². The first-order valence-electron chi connectivity index (χ1n) is 6.38. The Morgan fingerprint density at radius 2 is 1.72 bits per heavy atom. The summed E-state index contributed by atoms with van der Waals surface area (Å²) in [5, 5.41) is 20.6. The fraction of sp³-hybridized carbons (Fsp3) is 0.500. The molecule has 1 aromatic carbocycles. The molecule has 0 radical (unpaired) electrons. The van der Waals surface area contributed by atoms with Crippen molar-refractivity contribution < 1.29 is 15.0 Å². The number of hydrogen-bond acceptors (Lipinski definition) is 3. The topological polar surface area (TPSA) is 69.6 Å². The minimum atomic E-state index is 0.00264. The molecule has 1 amide bonds. The van der Waals surface area contributed by atoms with Gasteiger partial charge in [0.25, 0.3) is 0 Å². The second-order valence-electron chi connectivity index (χ2n) is 4.33. The summed E-state index contributed by atoms with van der Waals surface area (Å²) in [4.78, 5) is 11.6. The van der Waals surface area contributed by atoms with Crippen molar-refractivity contribution in [2.24, 2.45) is 0 Å². The van der Waals surface area contributed by atoms with Crippen LogP contribution in [0.5, 0.6) is 5.75 Å². The van der Waals surface area contributed by atoms with Gasteiger partial charge in [-0.3, -0.25) is 4.79 Å². The van der Waals surface area contributed by atoms with Crippen molar-refractivity contribution in [3.05, 3.63) is 29.8 Å². The molecule has 0 heterocycles. The van der Waals surface area contributed by atoms with E-state index in [1.807, 2.05) is 0 Å². The lowest BCUT2D eigenvalue weighted by atomic mass is 10.1. The smallest absolute Gasteiger partial charge is 0.224 e. The van der Waals surface area contributed by atoms with Gasteiger partial charge in [-0.15, -0.1) is 0 Å². The molecule has 0 aliphatic carbocycles. The minimum Gasteiger partial charge on any atom is -0.508 e. The zero-order valence-electron chi connectivity index (χ0n) is 10.6. The van der Waals surface area contributed by atoms with Crippen LogP contribution in [0.2, 0.25) is 0 Å². The van der Waals surface area contributed by atoms with E-state index < -0.39 is 0 Å². The van der Waals surface area contributed by atoms with Crippen LogP contribution >= 0.6 is 0 Å². The van der Waals surface area contributed by atoms with Gasteiger partial charge in [-0.2, -0.15) is 0 Å². The van der Waals surface area contributed by atoms with E-state index >= 15 is 0 Å². The van der Waals surface area contributed by atoms with Gasteiger partial charge in [-0.25, -0.2) is 0 Å². The zero-order valence-corrected chi connectivity index (χ0v) is 10.6. The number of rotatable bonds is 8. The molecule has 0 spiro atoms. The number of phenols is 1. The van der Waals surface area contributed by atoms with Gasteiger partial charge in [0.2, 0.25) is 5.91 Å². The summed E-state index contributed by atoms with van der Waals surface area (Å²) in [6.07, 6.45) is 4.16. The Morgan fingerprint density at radius 3 is 2.39 bits per heavy atom. The largest absolute Gasteiger partial charge is 0.508 e. The third-order valence-corrected chi connectivity index (χ3v) is 2.71. The Kier molecular flexibility index (Phi) is 6.87. The molecule has 1 rings (SSSR count). The lowest BCUT2D eigenvalue weighted by Gasteiger charge is -2.05. The van der Waals surface area contributed by atoms with Crippen molar-refractivity contribution in [3.8, 4) is 5.75 Å². The maximum absolute atomic E-state index is 11.6. The van der Waals surface area contributed by atoms with Gasteiger partial charge in [0.05, 0.1) is 6.42 Å². The van der Waals surface area contributed by atoms with E-state index in [1.165, 1.54) is 0 Å². The molecule has 0 bridgehead atoms. The summed E-state index contributed by atoms with van der Waals surface area (Å²) in [7, 11) is 0. The molecule has 0 aromatic heterocycles. The molecule has 0 fully saturated rings. The van der Waals surface area contributed by atoms with Crippen LogP contribution < -0.4 is 5.32 Å². The molecule has 0 atom stereocenters. The molecule has 4 heteroatoms. The van der Waals surface area contributed by atoms with Crippen molar-refractivity contribution in [1.29, 1.82) is 0 Å². The monoisotopic (exact) mass is 251 g/mol. The number of aromatic hydroxyl groups is 1. The first-order chi connectivity index (χ1) is 8.72. The van der Waals surface area contributed by atoms with Crippen LogP contribution in [-0.2, 0) is 11.2 Å². The number of aliphatic hydroxyl groups excluding tert-OH is 1. The molecule has 0 saturated heterocycles. The minimum absolute atomic E-state index is 0.00264. The summed E-state index contributed by atoms with van der Waals surface area (Å²) in [5.74, 6) is 0.214. The van der Waals surface area contributed by atoms with Gasteiger partial charge in [-0.05, 0) is 30.5 Å². The molecule has 0 saturated carbocycles. The number of benzene rings is 1. The highest BCUT2D eigenvalue weighted by atomic mass is 16.3. The van der Waals surface area contributed by atoms with Gasteiger partial charge in [0.15, 0.2) is 0 Å². The third-order valence-electron chi connectivity index (χ3n) is 2.71. The van der Waals surface area contributed by atoms with Crippen LogP contribution in [0, 0.1) is 0 Å². The highest BCUT2D eigenvalue weighted by molar-refractivity contribution is 5.78. The Bertz CT molecular complexity index is 349. The second-order valence-corrected chi connectivity index (χ2v) is 4.33. The number of nitrogens with one attached hydrogen (secondary N) is 1. The van der Waals surface area contributed by atoms with E-state index in [2.05, 4.69) is 5.32 Å². The summed E-state index contributed by atoms with van der Waals surface area (Å²) >= 11 is 0. The van der Waals surface area contributed by atoms with Gasteiger partial charge in [0, 0.05) is 13.2 Å². The maximum atomic E-state index is 11.6. The summed E-state index contributed by atoms with van der Waals surface area (Å²) < 4.78 is 0. The van der Waals surface area contributed by atoms with Crippen molar-refractivity contribution in [1.82, 2.24) is 5.32 Å². The number of carbonyl (C=O) groups excluding carboxylic acids is 1. The third kappa shape index (κ3) is 6.25. The van der Waals surface area contributed by atoms with Crippen molar-refractivity contribution in [2.75, 3.05) is 13.2 Å². The van der Waals surface area contributed by atoms with Crippen LogP contribution in [0.4, 0.5) is 0 Å². The first kappa shape index (κ1) is 14.5. The SMILES string of the molecule is O=C(Cc1ccc(O)cc1)NCCCCCCO. The van der Waals surface area contributed by atoms with E-state index in [-0.39, 0.29) is 18.3 Å². The Morgan fingerprint density at radius 1 is 1.06 bits per heavy atom. The van der Waals surface area contributed by atoms with Crippen LogP contribution in [0.15, 0.2) is 24.3 Å². The fourth-order valence-corrected chi connectivity index (χ4v) is 1.68. The first-order valence-corrected chi connectivity index (χ1v) is 6.38. The summed E-state index contributed by atoms with van der Waals surface area (Å²) in [6.45, 7) is 0.926. The average Bonchev–Trinajstić information content (AvgIpc) is 2.36. The van der Waals surface area contributed by atoms with Crippen molar-refractivity contribution in [2.45, 2.75) is 32.1 Å². The predicted molar refractivity (Wildman–Crippen MR) is 70.4 cm³/mol. The molecule has 1 aromatic rings. The van der Waals surface area contributed by atoms with E-state index in [1.54, 1.807) is 24.3 Å². The molecule has 0 aliphatic rings. The zero-order chi connectivity index (χ0) is 13.2. The van der Waals surface area contributed by atoms with Crippen LogP contribution in [-0.4, -0.2) is 29.3 Å². The van der Waals surface area contributed by atoms with E-state index in [0.29, 0.717) is 13.0 Å². The number of aliphatic hydroxyl groups is 1. The van der Waals surface area contributed by atoms with Crippen molar-refractivity contribution >= 4 is 5.91 Å². The molecular formula is C14H21NO3. The van der Waals surface area contributed by atoms with Crippen LogP contribution in [0.1, 0.15) is 31.2 Å². The summed E-state index contributed by atoms with van der Waals surface area (Å²) in [6, 6.07) is 6.65. The molecule has 3 N–H and O–H groups in total. The lowest BCUT2D eigenvalue weighted by molar-refractivity contribution is -0.120. The van der Waals surface area contributed by atoms with E-state index in [4.69, 9.17) is 10.2 Å². The quantitative estimate of drug-likeness (QED) is 0.615. The average molecular weight is 251 g/mol. The maximum Gasteiger partial charge on any atom is 0.224 e. The highest BCUT2D eigenvalue weighted by Gasteiger charge is 2.02. The standard InChI is InChI=1S/C14H21NO3/c16-10-4-2-1-3-9-15-14(18)11-12-5-7-13(17)8-6-12/h5-8,16-17H,1-4,9-11H2,(H,15,18). The number of carbonyl (C=O) groups is 1. The van der Waals surface area contributed by atoms with Gasteiger partial charge < -0.3 is 15.5 Å². The number of hydrogen-bond donors (Lipinski definition) is 3. The van der Waals surface area contributed by atoms with E-state index in [9.17, 15) is 4.79 Å². The predicted octanol–water partition coefficient (Wildman–Crippen LogP) is 1.60. The Hall–Kier alpha value is -1.55. The lowest BCUT2D eigenvalue weighted by Crippen LogP contribution is -2.26. The van der Waals surface area contributed by atoms with Gasteiger partial charge in [0.1, 0.15) is 5.75 Å². The Labute approximate surface area is 108 Å². The molecule has 0 aliphatic heterocycles. The second kappa shape index (κ2) is 8.53. The number of unbranched alkanes of at least 4 members (excludes halogenated alkanes) is 3. The van der Waals surface area contributed by atoms with Crippen LogP contribution in [0.25, 0.3) is 0 Å². The molecule has 4 nitrogen and oxygen atoms in total. The van der Waals surface area contributed by atoms with E-state index in [0.717, 1.165) is 31.2 Å². The number of phenolic OH excluding ortho intramolecular Hbond substituents is 1. The summed E-state index contributed by atoms with van der Waals surface area (Å²) in [5.41, 5.74) is 0.894. The molecule has 18 heavy (non-hydrogen) atoms. The highest BCUT2D eigenvalue weighted by Crippen LogP contribution is 2.09. The fourth-order valence-electron chi connectivity index (χ4n) is 1.68.